The average Bonchev–Trinajstić information content (AvgIpc) is 2.88. The summed E-state index contributed by atoms with van der Waals surface area (Å²) in [5, 5.41) is 9.82. The number of nitrogens with one attached hydrogen (secondary N) is 1. The van der Waals surface area contributed by atoms with Crippen LogP contribution >= 0.6 is 11.6 Å². The van der Waals surface area contributed by atoms with Crippen LogP contribution in [0.15, 0.2) is 29.8 Å². The number of halogens is 1. The van der Waals surface area contributed by atoms with Crippen molar-refractivity contribution < 1.29 is 14.3 Å². The van der Waals surface area contributed by atoms with Gasteiger partial charge < -0.3 is 9.72 Å². The number of nitrogens with zero attached hydrogens (tertiary/aromatic N) is 1. The molecule has 0 atom stereocenters. The lowest BCUT2D eigenvalue weighted by Crippen LogP contribution is -2.08. The van der Waals surface area contributed by atoms with E-state index >= 15 is 0 Å². The summed E-state index contributed by atoms with van der Waals surface area (Å²) in [4.78, 5) is 27.7. The van der Waals surface area contributed by atoms with Crippen molar-refractivity contribution in [2.24, 2.45) is 0 Å². The molecule has 1 N–H and O–H groups in total. The fourth-order valence-electron chi connectivity index (χ4n) is 2.52. The number of esters is 1. The summed E-state index contributed by atoms with van der Waals surface area (Å²) >= 11 is 6.08. The Labute approximate surface area is 150 Å². The standard InChI is InChI=1S/C19H17ClN2O3/c1-4-25-19(24)16-11(2)17(22-12(16)3)18(23)14(10-21)9-13-7-5-6-8-15(13)20/h5-9,22H,4H2,1-3H3/b14-9+. The minimum Gasteiger partial charge on any atom is -0.462 e. The summed E-state index contributed by atoms with van der Waals surface area (Å²) in [5.41, 5.74) is 1.99. The monoisotopic (exact) mass is 356 g/mol. The number of aryl methyl sites for hydroxylation is 1. The average molecular weight is 357 g/mol. The number of ketones is 1. The van der Waals surface area contributed by atoms with Crippen molar-refractivity contribution in [2.75, 3.05) is 6.61 Å². The zero-order valence-electron chi connectivity index (χ0n) is 14.1. The van der Waals surface area contributed by atoms with E-state index in [1.165, 1.54) is 6.08 Å². The van der Waals surface area contributed by atoms with Crippen LogP contribution in [0.1, 0.15) is 44.6 Å². The third-order valence-electron chi connectivity index (χ3n) is 3.71. The Bertz CT molecular complexity index is 904. The lowest BCUT2D eigenvalue weighted by Gasteiger charge is -2.03. The van der Waals surface area contributed by atoms with E-state index in [-0.39, 0.29) is 17.9 Å². The summed E-state index contributed by atoms with van der Waals surface area (Å²) in [7, 11) is 0. The topological polar surface area (TPSA) is 83.0 Å². The molecule has 0 aliphatic heterocycles. The van der Waals surface area contributed by atoms with Gasteiger partial charge in [0.1, 0.15) is 11.6 Å². The second kappa shape index (κ2) is 7.82. The minimum atomic E-state index is -0.501. The second-order valence-electron chi connectivity index (χ2n) is 5.37. The number of ether oxygens (including phenoxy) is 1. The Hall–Kier alpha value is -2.84. The third kappa shape index (κ3) is 3.81. The van der Waals surface area contributed by atoms with Gasteiger partial charge in [0.05, 0.1) is 17.9 Å². The quantitative estimate of drug-likeness (QED) is 0.375. The lowest BCUT2D eigenvalue weighted by atomic mass is 10.0. The molecule has 128 valence electrons. The van der Waals surface area contributed by atoms with Gasteiger partial charge in [-0.15, -0.1) is 0 Å². The predicted molar refractivity (Wildman–Crippen MR) is 95.6 cm³/mol. The second-order valence-corrected chi connectivity index (χ2v) is 5.77. The van der Waals surface area contributed by atoms with E-state index in [4.69, 9.17) is 16.3 Å². The highest BCUT2D eigenvalue weighted by atomic mass is 35.5. The fraction of sp³-hybridized carbons (Fsp3) is 0.211. The molecule has 0 fully saturated rings. The smallest absolute Gasteiger partial charge is 0.340 e. The molecular weight excluding hydrogens is 340 g/mol. The van der Waals surface area contributed by atoms with E-state index < -0.39 is 11.8 Å². The molecular formula is C19H17ClN2O3. The largest absolute Gasteiger partial charge is 0.462 e. The van der Waals surface area contributed by atoms with E-state index in [9.17, 15) is 14.9 Å². The fourth-order valence-corrected chi connectivity index (χ4v) is 2.71. The predicted octanol–water partition coefficient (Wildman–Crippen LogP) is 4.25. The van der Waals surface area contributed by atoms with Crippen LogP contribution in [0, 0.1) is 25.2 Å². The van der Waals surface area contributed by atoms with Crippen LogP contribution in [0.4, 0.5) is 0 Å². The Morgan fingerprint density at radius 3 is 2.60 bits per heavy atom. The van der Waals surface area contributed by atoms with Gasteiger partial charge in [0.15, 0.2) is 0 Å². The van der Waals surface area contributed by atoms with Crippen LogP contribution in [0.5, 0.6) is 0 Å². The molecule has 1 heterocycles. The zero-order chi connectivity index (χ0) is 18.6. The highest BCUT2D eigenvalue weighted by Crippen LogP contribution is 2.24. The van der Waals surface area contributed by atoms with E-state index in [1.54, 1.807) is 45.0 Å². The maximum Gasteiger partial charge on any atom is 0.340 e. The molecule has 0 saturated heterocycles. The van der Waals surface area contributed by atoms with Gasteiger partial charge >= 0.3 is 5.97 Å². The third-order valence-corrected chi connectivity index (χ3v) is 4.06. The number of carbonyl (C=O) groups excluding carboxylic acids is 2. The molecule has 0 spiro atoms. The normalized spacial score (nSPS) is 11.1. The van der Waals surface area contributed by atoms with Gasteiger partial charge in [-0.3, -0.25) is 4.79 Å². The number of rotatable bonds is 5. The number of Topliss-reactive ketones (excluding diaryl/α,β-unsaturated/α-hetero) is 1. The molecule has 2 aromatic rings. The first-order chi connectivity index (χ1) is 11.9. The van der Waals surface area contributed by atoms with Gasteiger partial charge in [-0.25, -0.2) is 4.79 Å². The van der Waals surface area contributed by atoms with Gasteiger partial charge in [-0.1, -0.05) is 29.8 Å². The van der Waals surface area contributed by atoms with Gasteiger partial charge in [0.2, 0.25) is 5.78 Å². The lowest BCUT2D eigenvalue weighted by molar-refractivity contribution is 0.0525. The van der Waals surface area contributed by atoms with Gasteiger partial charge in [0, 0.05) is 10.7 Å². The number of carbonyl (C=O) groups is 2. The molecule has 0 saturated carbocycles. The summed E-state index contributed by atoms with van der Waals surface area (Å²) < 4.78 is 5.01. The molecule has 2 rings (SSSR count). The first-order valence-corrected chi connectivity index (χ1v) is 8.05. The van der Waals surface area contributed by atoms with Crippen LogP contribution in [-0.2, 0) is 4.74 Å². The Morgan fingerprint density at radius 1 is 1.32 bits per heavy atom. The van der Waals surface area contributed by atoms with Crippen LogP contribution in [0.2, 0.25) is 5.02 Å². The number of hydrogen-bond donors (Lipinski definition) is 1. The SMILES string of the molecule is CCOC(=O)c1c(C)[nH]c(C(=O)/C(C#N)=C/c2ccccc2Cl)c1C. The van der Waals surface area contributed by atoms with Crippen molar-refractivity contribution in [3.8, 4) is 6.07 Å². The first kappa shape index (κ1) is 18.5. The highest BCUT2D eigenvalue weighted by molar-refractivity contribution is 6.32. The van der Waals surface area contributed by atoms with E-state index in [2.05, 4.69) is 4.98 Å². The van der Waals surface area contributed by atoms with Crippen LogP contribution in [-0.4, -0.2) is 23.3 Å². The molecule has 0 bridgehead atoms. The summed E-state index contributed by atoms with van der Waals surface area (Å²) in [6, 6.07) is 8.82. The Morgan fingerprint density at radius 2 is 2.00 bits per heavy atom. The molecule has 25 heavy (non-hydrogen) atoms. The summed E-state index contributed by atoms with van der Waals surface area (Å²) in [6.07, 6.45) is 1.43. The Kier molecular flexibility index (Phi) is 5.79. The van der Waals surface area contributed by atoms with Gasteiger partial charge in [0.25, 0.3) is 0 Å². The number of aromatic amines is 1. The van der Waals surface area contributed by atoms with Crippen molar-refractivity contribution in [1.29, 1.82) is 5.26 Å². The van der Waals surface area contributed by atoms with Gasteiger partial charge in [-0.2, -0.15) is 5.26 Å². The van der Waals surface area contributed by atoms with E-state index in [1.807, 2.05) is 6.07 Å². The van der Waals surface area contributed by atoms with Crippen LogP contribution in [0.3, 0.4) is 0 Å². The molecule has 0 aliphatic carbocycles. The molecule has 0 aliphatic rings. The maximum absolute atomic E-state index is 12.7. The number of benzene rings is 1. The molecule has 6 heteroatoms. The van der Waals surface area contributed by atoms with Crippen molar-refractivity contribution in [2.45, 2.75) is 20.8 Å². The van der Waals surface area contributed by atoms with Crippen LogP contribution in [0.25, 0.3) is 6.08 Å². The maximum atomic E-state index is 12.7. The van der Waals surface area contributed by atoms with Crippen molar-refractivity contribution in [1.82, 2.24) is 4.98 Å². The Balaban J connectivity index is 2.46. The number of hydrogen-bond acceptors (Lipinski definition) is 4. The molecule has 1 aromatic heterocycles. The van der Waals surface area contributed by atoms with E-state index in [0.717, 1.165) is 0 Å². The number of allylic oxidation sites excluding steroid dienone is 1. The van der Waals surface area contributed by atoms with Crippen molar-refractivity contribution >= 4 is 29.4 Å². The number of H-pyrrole nitrogens is 1. The number of nitriles is 1. The molecule has 0 radical (unpaired) electrons. The summed E-state index contributed by atoms with van der Waals surface area (Å²) in [5.74, 6) is -1.00. The van der Waals surface area contributed by atoms with Crippen molar-refractivity contribution in [3.63, 3.8) is 0 Å². The van der Waals surface area contributed by atoms with Crippen LogP contribution < -0.4 is 0 Å². The minimum absolute atomic E-state index is 0.0761. The molecule has 5 nitrogen and oxygen atoms in total. The van der Waals surface area contributed by atoms with Crippen molar-refractivity contribution in [3.05, 3.63) is 62.9 Å². The van der Waals surface area contributed by atoms with Gasteiger partial charge in [-0.05, 0) is 44.0 Å². The first-order valence-electron chi connectivity index (χ1n) is 7.68. The molecule has 0 amide bonds. The summed E-state index contributed by atoms with van der Waals surface area (Å²) in [6.45, 7) is 5.27. The molecule has 0 unspecified atom stereocenters. The number of aromatic nitrogens is 1. The van der Waals surface area contributed by atoms with E-state index in [0.29, 0.717) is 27.4 Å². The highest BCUT2D eigenvalue weighted by Gasteiger charge is 2.24. The molecule has 1 aromatic carbocycles. The zero-order valence-corrected chi connectivity index (χ0v) is 14.9.